The molecule has 1 saturated carbocycles. The number of benzene rings is 2. The summed E-state index contributed by atoms with van der Waals surface area (Å²) in [6, 6.07) is 13.2. The molecule has 0 bridgehead atoms. The number of hydrogen-bond acceptors (Lipinski definition) is 10. The van der Waals surface area contributed by atoms with Crippen LogP contribution in [0.5, 0.6) is 5.75 Å². The summed E-state index contributed by atoms with van der Waals surface area (Å²) in [4.78, 5) is 73.7. The van der Waals surface area contributed by atoms with Crippen molar-refractivity contribution in [2.24, 2.45) is 17.8 Å². The monoisotopic (exact) mass is 969 g/mol. The van der Waals surface area contributed by atoms with Crippen LogP contribution < -0.4 is 15.4 Å². The van der Waals surface area contributed by atoms with Crippen LogP contribution in [0.1, 0.15) is 106 Å². The lowest BCUT2D eigenvalue weighted by Gasteiger charge is -2.30. The Labute approximate surface area is 408 Å². The van der Waals surface area contributed by atoms with Crippen molar-refractivity contribution in [3.05, 3.63) is 88.1 Å². The molecule has 70 heavy (non-hydrogen) atoms. The molecule has 0 radical (unpaired) electrons. The minimum atomic E-state index is -0.776. The quantitative estimate of drug-likeness (QED) is 0.0919. The normalized spacial score (nSPS) is 19.3. The fourth-order valence-electron chi connectivity index (χ4n) is 9.93. The Kier molecular flexibility index (Phi) is 12.6. The molecular weight excluding hydrogens is 914 g/mol. The van der Waals surface area contributed by atoms with Gasteiger partial charge in [0.15, 0.2) is 0 Å². The van der Waals surface area contributed by atoms with Gasteiger partial charge in [-0.25, -0.2) is 23.9 Å². The van der Waals surface area contributed by atoms with E-state index >= 15 is 4.39 Å². The van der Waals surface area contributed by atoms with E-state index in [1.165, 1.54) is 20.3 Å². The minimum absolute atomic E-state index is 0.156. The lowest BCUT2D eigenvalue weighted by Crippen LogP contribution is -2.51. The van der Waals surface area contributed by atoms with Crippen LogP contribution in [0, 0.1) is 35.4 Å². The molecule has 0 spiro atoms. The minimum Gasteiger partial charge on any atom is -0.464 e. The number of H-pyrrole nitrogens is 2. The number of ether oxygens (including phenoxy) is 3. The third-order valence-corrected chi connectivity index (χ3v) is 14.8. The average molecular weight is 970 g/mol. The van der Waals surface area contributed by atoms with Gasteiger partial charge in [0.25, 0.3) is 0 Å². The third kappa shape index (κ3) is 8.87. The van der Waals surface area contributed by atoms with Crippen molar-refractivity contribution in [2.75, 3.05) is 27.3 Å². The molecule has 5 atom stereocenters. The zero-order chi connectivity index (χ0) is 49.0. The molecule has 4 amide bonds. The third-order valence-electron chi connectivity index (χ3n) is 13.8. The van der Waals surface area contributed by atoms with Crippen molar-refractivity contribution in [3.63, 3.8) is 0 Å². The first-order valence-electron chi connectivity index (χ1n) is 24.0. The highest BCUT2D eigenvalue weighted by Crippen LogP contribution is 2.48. The molecule has 4 aliphatic rings. The van der Waals surface area contributed by atoms with Crippen LogP contribution in [-0.4, -0.2) is 97.7 Å². The maximum absolute atomic E-state index is 17.0. The lowest BCUT2D eigenvalue weighted by atomic mass is 10.0. The van der Waals surface area contributed by atoms with Gasteiger partial charge in [-0.2, -0.15) is 0 Å². The largest absolute Gasteiger partial charge is 0.464 e. The van der Waals surface area contributed by atoms with Gasteiger partial charge in [0.2, 0.25) is 18.0 Å². The Hall–Kier alpha value is -7.13. The van der Waals surface area contributed by atoms with E-state index in [1.54, 1.807) is 33.5 Å². The fraction of sp³-hybridized carbons (Fsp3) is 0.423. The molecule has 4 N–H and O–H groups in total. The predicted molar refractivity (Wildman–Crippen MR) is 261 cm³/mol. The summed E-state index contributed by atoms with van der Waals surface area (Å²) in [6.07, 6.45) is 6.64. The van der Waals surface area contributed by atoms with Crippen LogP contribution in [0.3, 0.4) is 0 Å². The Morgan fingerprint density at radius 3 is 1.96 bits per heavy atom. The number of aromatic nitrogens is 5. The summed E-state index contributed by atoms with van der Waals surface area (Å²) in [7, 11) is 2.55. The van der Waals surface area contributed by atoms with Crippen LogP contribution in [0.15, 0.2) is 60.9 Å². The van der Waals surface area contributed by atoms with Crippen LogP contribution in [0.2, 0.25) is 0 Å². The van der Waals surface area contributed by atoms with Crippen molar-refractivity contribution >= 4 is 46.2 Å². The second-order valence-corrected chi connectivity index (χ2v) is 20.3. The first kappa shape index (κ1) is 46.6. The maximum Gasteiger partial charge on any atom is 0.407 e. The lowest BCUT2D eigenvalue weighted by molar-refractivity contribution is -0.136. The van der Waals surface area contributed by atoms with Crippen molar-refractivity contribution in [1.29, 1.82) is 0 Å². The van der Waals surface area contributed by atoms with Crippen LogP contribution >= 0.6 is 11.3 Å². The Morgan fingerprint density at radius 1 is 0.786 bits per heavy atom. The molecule has 10 rings (SSSR count). The number of hydrogen-bond donors (Lipinski definition) is 4. The number of aromatic amines is 2. The smallest absolute Gasteiger partial charge is 0.407 e. The SMILES string of the molecule is COC(=O)N[C@H](C(=O)N1CCC[C@H]1c1ncc(-c2cc(F)c3c(c2)OC(c2ccc(C#CC4CC4)s2)n2c-3cc3cc(-c4cnc([C@@H]5CCCN5C(=O)[C@@H](NC(=O)OC)C(C)C)[nH]4)ccc32)[nH]1)C(C)C. The average Bonchev–Trinajstić information content (AvgIpc) is 4.08. The number of imidazole rings is 2. The summed E-state index contributed by atoms with van der Waals surface area (Å²) in [5, 5.41) is 6.26. The molecule has 16 nitrogen and oxygen atoms in total. The Morgan fingerprint density at radius 2 is 1.39 bits per heavy atom. The zero-order valence-electron chi connectivity index (χ0n) is 39.9. The number of fused-ring (bicyclic) bond motifs is 5. The Bertz CT molecular complexity index is 3060. The molecule has 364 valence electrons. The second kappa shape index (κ2) is 19.0. The van der Waals surface area contributed by atoms with Crippen molar-refractivity contribution in [2.45, 2.75) is 96.6 Å². The summed E-state index contributed by atoms with van der Waals surface area (Å²) >= 11 is 1.56. The molecule has 3 aliphatic heterocycles. The molecule has 6 aromatic rings. The van der Waals surface area contributed by atoms with Gasteiger partial charge in [-0.05, 0) is 92.8 Å². The number of likely N-dealkylation sites (tertiary alicyclic amines) is 2. The van der Waals surface area contributed by atoms with Crippen molar-refractivity contribution < 1.29 is 37.8 Å². The number of amides is 4. The van der Waals surface area contributed by atoms with Gasteiger partial charge in [-0.3, -0.25) is 14.2 Å². The first-order valence-corrected chi connectivity index (χ1v) is 24.8. The molecule has 4 aromatic heterocycles. The first-order chi connectivity index (χ1) is 33.8. The number of halogens is 1. The predicted octanol–water partition coefficient (Wildman–Crippen LogP) is 9.08. The highest BCUT2D eigenvalue weighted by molar-refractivity contribution is 7.12. The number of thiophene rings is 1. The number of carbonyl (C=O) groups is 4. The van der Waals surface area contributed by atoms with Crippen LogP contribution in [-0.2, 0) is 19.1 Å². The van der Waals surface area contributed by atoms with E-state index < -0.39 is 36.3 Å². The van der Waals surface area contributed by atoms with Crippen molar-refractivity contribution in [3.8, 4) is 51.4 Å². The fourth-order valence-corrected chi connectivity index (χ4v) is 10.8. The molecule has 2 aromatic carbocycles. The topological polar surface area (TPSA) is 189 Å². The summed E-state index contributed by atoms with van der Waals surface area (Å²) in [5.41, 5.74) is 4.53. The van der Waals surface area contributed by atoms with Gasteiger partial charge < -0.3 is 44.6 Å². The number of alkyl carbamates (subject to hydrolysis) is 2. The van der Waals surface area contributed by atoms with Crippen LogP contribution in [0.25, 0.3) is 44.7 Å². The van der Waals surface area contributed by atoms with E-state index in [1.807, 2.05) is 74.7 Å². The maximum atomic E-state index is 17.0. The standard InChI is InChI=1S/C52H56FN9O7S/c1-27(2)44(58-51(65)67-5)48(63)60-19-7-9-38(60)46-54-25-35(56-46)30-14-17-37-32(21-30)23-40-43-34(53)22-31(24-41(43)69-50(62(37)40)42-18-16-33(70-42)15-13-29-11-12-29)36-26-55-47(57-36)39-10-8-20-61(39)49(64)45(28(3)4)59-52(66)68-6/h14,16-18,21-29,38-39,44-45,50H,7-12,19-20H2,1-6H3,(H,54,56)(H,55,57)(H,58,65)(H,59,66)/t38-,39-,44-,45-,50?/m0/s1. The van der Waals surface area contributed by atoms with Gasteiger partial charge in [0, 0.05) is 35.5 Å². The van der Waals surface area contributed by atoms with Gasteiger partial charge >= 0.3 is 12.2 Å². The van der Waals surface area contributed by atoms with E-state index in [0.29, 0.717) is 65.3 Å². The van der Waals surface area contributed by atoms with E-state index in [4.69, 9.17) is 24.2 Å². The number of carbonyl (C=O) groups excluding carboxylic acids is 4. The van der Waals surface area contributed by atoms with Gasteiger partial charge in [-0.1, -0.05) is 45.6 Å². The van der Waals surface area contributed by atoms with E-state index in [2.05, 4.69) is 32.4 Å². The summed E-state index contributed by atoms with van der Waals surface area (Å²) in [6.45, 7) is 8.55. The molecule has 18 heteroatoms. The summed E-state index contributed by atoms with van der Waals surface area (Å²) < 4.78 is 35.5. The molecular formula is C52H56FN9O7S. The van der Waals surface area contributed by atoms with E-state index in [0.717, 1.165) is 64.0 Å². The summed E-state index contributed by atoms with van der Waals surface area (Å²) in [5.74, 6) is 7.53. The van der Waals surface area contributed by atoms with Gasteiger partial charge in [0.05, 0.1) is 76.6 Å². The zero-order valence-corrected chi connectivity index (χ0v) is 40.7. The van der Waals surface area contributed by atoms with Gasteiger partial charge in [0.1, 0.15) is 35.3 Å². The number of nitrogens with zero attached hydrogens (tertiary/aromatic N) is 5. The molecule has 7 heterocycles. The molecule has 3 fully saturated rings. The molecule has 2 saturated heterocycles. The van der Waals surface area contributed by atoms with Crippen molar-refractivity contribution in [1.82, 2.24) is 44.9 Å². The number of rotatable bonds is 11. The number of methoxy groups -OCH3 is 2. The number of nitrogens with one attached hydrogen (secondary N) is 4. The molecule has 1 unspecified atom stereocenters. The Balaban J connectivity index is 0.971. The van der Waals surface area contributed by atoms with Gasteiger partial charge in [-0.15, -0.1) is 11.3 Å². The van der Waals surface area contributed by atoms with E-state index in [-0.39, 0.29) is 35.7 Å². The molecule has 1 aliphatic carbocycles. The second-order valence-electron chi connectivity index (χ2n) is 19.2. The highest BCUT2D eigenvalue weighted by atomic mass is 32.1. The van der Waals surface area contributed by atoms with E-state index in [9.17, 15) is 19.2 Å². The van der Waals surface area contributed by atoms with Crippen LogP contribution in [0.4, 0.5) is 14.0 Å². The highest BCUT2D eigenvalue weighted by Gasteiger charge is 2.40.